The Bertz CT molecular complexity index is 485. The van der Waals surface area contributed by atoms with Crippen LogP contribution in [-0.4, -0.2) is 15.6 Å². The number of aromatic nitrogens is 2. The second-order valence-electron chi connectivity index (χ2n) is 5.08. The topological polar surface area (TPSA) is 29.9 Å². The van der Waals surface area contributed by atoms with E-state index in [2.05, 4.69) is 39.3 Å². The van der Waals surface area contributed by atoms with Crippen molar-refractivity contribution in [1.82, 2.24) is 14.9 Å². The van der Waals surface area contributed by atoms with Crippen molar-refractivity contribution in [3.8, 4) is 0 Å². The van der Waals surface area contributed by atoms with E-state index in [-0.39, 0.29) is 0 Å². The van der Waals surface area contributed by atoms with Crippen LogP contribution < -0.4 is 5.32 Å². The fourth-order valence-corrected chi connectivity index (χ4v) is 3.05. The predicted molar refractivity (Wildman–Crippen MR) is 74.8 cm³/mol. The van der Waals surface area contributed by atoms with E-state index in [0.29, 0.717) is 6.04 Å². The largest absolute Gasteiger partial charge is 0.330 e. The monoisotopic (exact) mass is 261 g/mol. The summed E-state index contributed by atoms with van der Waals surface area (Å²) in [7, 11) is 0. The molecule has 0 aliphatic heterocycles. The molecule has 3 rings (SSSR count). The molecule has 2 heterocycles. The molecule has 0 bridgehead atoms. The highest BCUT2D eigenvalue weighted by atomic mass is 32.1. The second kappa shape index (κ2) is 5.24. The van der Waals surface area contributed by atoms with Crippen molar-refractivity contribution in [2.24, 2.45) is 0 Å². The summed E-state index contributed by atoms with van der Waals surface area (Å²) >= 11 is 1.83. The maximum absolute atomic E-state index is 4.30. The molecule has 1 saturated carbocycles. The van der Waals surface area contributed by atoms with E-state index in [4.69, 9.17) is 0 Å². The minimum Gasteiger partial charge on any atom is -0.330 e. The van der Waals surface area contributed by atoms with Crippen LogP contribution >= 0.6 is 11.3 Å². The molecule has 96 valence electrons. The minimum atomic E-state index is 0.474. The van der Waals surface area contributed by atoms with Gasteiger partial charge in [0, 0.05) is 36.1 Å². The van der Waals surface area contributed by atoms with Crippen LogP contribution in [0.2, 0.25) is 0 Å². The number of thiophene rings is 1. The summed E-state index contributed by atoms with van der Waals surface area (Å²) < 4.78 is 2.30. The van der Waals surface area contributed by atoms with Crippen LogP contribution in [0.4, 0.5) is 0 Å². The van der Waals surface area contributed by atoms with E-state index < -0.39 is 0 Å². The van der Waals surface area contributed by atoms with Gasteiger partial charge in [-0.3, -0.25) is 0 Å². The van der Waals surface area contributed by atoms with Gasteiger partial charge in [-0.25, -0.2) is 4.98 Å². The van der Waals surface area contributed by atoms with Gasteiger partial charge in [-0.1, -0.05) is 6.07 Å². The van der Waals surface area contributed by atoms with E-state index in [0.717, 1.165) is 19.0 Å². The molecule has 2 aromatic heterocycles. The number of hydrogen-bond donors (Lipinski definition) is 1. The van der Waals surface area contributed by atoms with Gasteiger partial charge in [0.2, 0.25) is 0 Å². The maximum Gasteiger partial charge on any atom is 0.0951 e. The lowest BCUT2D eigenvalue weighted by Gasteiger charge is -2.16. The zero-order valence-electron chi connectivity index (χ0n) is 10.7. The standard InChI is InChI=1S/C14H19N3S/c1-11(7-14-3-2-6-18-14)17-10-15-8-13(17)9-16-12-4-5-12/h2-3,6,8,10-12,16H,4-5,7,9H2,1H3. The molecule has 1 aliphatic carbocycles. The molecule has 18 heavy (non-hydrogen) atoms. The molecule has 0 saturated heterocycles. The first-order valence-corrected chi connectivity index (χ1v) is 7.47. The van der Waals surface area contributed by atoms with Crippen LogP contribution in [0.3, 0.4) is 0 Å². The summed E-state index contributed by atoms with van der Waals surface area (Å²) in [6, 6.07) is 5.55. The van der Waals surface area contributed by atoms with Gasteiger partial charge in [-0.2, -0.15) is 0 Å². The van der Waals surface area contributed by atoms with E-state index in [1.807, 2.05) is 23.9 Å². The van der Waals surface area contributed by atoms with Crippen molar-refractivity contribution < 1.29 is 0 Å². The molecule has 0 spiro atoms. The molecular weight excluding hydrogens is 242 g/mol. The first-order valence-electron chi connectivity index (χ1n) is 6.59. The lowest BCUT2D eigenvalue weighted by molar-refractivity contribution is 0.513. The quantitative estimate of drug-likeness (QED) is 0.866. The van der Waals surface area contributed by atoms with Crippen LogP contribution in [0.15, 0.2) is 30.0 Å². The molecule has 1 fully saturated rings. The van der Waals surface area contributed by atoms with Crippen molar-refractivity contribution in [1.29, 1.82) is 0 Å². The third-order valence-electron chi connectivity index (χ3n) is 3.45. The maximum atomic E-state index is 4.30. The Morgan fingerprint density at radius 1 is 1.56 bits per heavy atom. The molecule has 0 amide bonds. The molecule has 1 atom stereocenters. The molecule has 0 radical (unpaired) electrons. The van der Waals surface area contributed by atoms with Crippen LogP contribution in [0.1, 0.15) is 36.4 Å². The zero-order chi connectivity index (χ0) is 12.4. The SMILES string of the molecule is CC(Cc1cccs1)n1cncc1CNC1CC1. The number of imidazole rings is 1. The van der Waals surface area contributed by atoms with E-state index in [1.54, 1.807) is 0 Å². The normalized spacial score (nSPS) is 16.9. The Hall–Kier alpha value is -1.13. The summed E-state index contributed by atoms with van der Waals surface area (Å²) in [6.07, 6.45) is 7.70. The molecular formula is C14H19N3S. The molecule has 4 heteroatoms. The van der Waals surface area contributed by atoms with Crippen LogP contribution in [0.25, 0.3) is 0 Å². The van der Waals surface area contributed by atoms with Gasteiger partial charge < -0.3 is 9.88 Å². The van der Waals surface area contributed by atoms with Crippen LogP contribution in [0, 0.1) is 0 Å². The fourth-order valence-electron chi connectivity index (χ4n) is 2.22. The highest BCUT2D eigenvalue weighted by Gasteiger charge is 2.21. The average Bonchev–Trinajstić information content (AvgIpc) is 2.88. The smallest absolute Gasteiger partial charge is 0.0951 e. The molecule has 0 aromatic carbocycles. The number of hydrogen-bond acceptors (Lipinski definition) is 3. The van der Waals surface area contributed by atoms with Gasteiger partial charge in [-0.05, 0) is 31.2 Å². The second-order valence-corrected chi connectivity index (χ2v) is 6.11. The van der Waals surface area contributed by atoms with Gasteiger partial charge >= 0.3 is 0 Å². The summed E-state index contributed by atoms with van der Waals surface area (Å²) in [6.45, 7) is 3.21. The summed E-state index contributed by atoms with van der Waals surface area (Å²) in [5.41, 5.74) is 1.30. The Morgan fingerprint density at radius 2 is 2.44 bits per heavy atom. The third-order valence-corrected chi connectivity index (χ3v) is 4.35. The van der Waals surface area contributed by atoms with E-state index in [9.17, 15) is 0 Å². The Labute approximate surface area is 112 Å². The van der Waals surface area contributed by atoms with Crippen LogP contribution in [0.5, 0.6) is 0 Å². The Balaban J connectivity index is 1.64. The third kappa shape index (κ3) is 2.82. The molecule has 1 aliphatic rings. The van der Waals surface area contributed by atoms with Crippen molar-refractivity contribution in [2.75, 3.05) is 0 Å². The highest BCUT2D eigenvalue weighted by molar-refractivity contribution is 7.09. The molecule has 1 unspecified atom stereocenters. The highest BCUT2D eigenvalue weighted by Crippen LogP contribution is 2.21. The Kier molecular flexibility index (Phi) is 3.48. The van der Waals surface area contributed by atoms with Gasteiger partial charge in [0.1, 0.15) is 0 Å². The van der Waals surface area contributed by atoms with E-state index in [1.165, 1.54) is 23.4 Å². The van der Waals surface area contributed by atoms with Gasteiger partial charge in [0.15, 0.2) is 0 Å². The van der Waals surface area contributed by atoms with E-state index >= 15 is 0 Å². The van der Waals surface area contributed by atoms with Gasteiger partial charge in [0.25, 0.3) is 0 Å². The lowest BCUT2D eigenvalue weighted by atomic mass is 10.2. The zero-order valence-corrected chi connectivity index (χ0v) is 11.5. The van der Waals surface area contributed by atoms with Crippen molar-refractivity contribution in [2.45, 2.75) is 44.8 Å². The summed E-state index contributed by atoms with van der Waals surface area (Å²) in [5.74, 6) is 0. The van der Waals surface area contributed by atoms with Gasteiger partial charge in [-0.15, -0.1) is 11.3 Å². The minimum absolute atomic E-state index is 0.474. The summed E-state index contributed by atoms with van der Waals surface area (Å²) in [4.78, 5) is 5.74. The van der Waals surface area contributed by atoms with Crippen molar-refractivity contribution in [3.63, 3.8) is 0 Å². The predicted octanol–water partition coefficient (Wildman–Crippen LogP) is 3.00. The lowest BCUT2D eigenvalue weighted by Crippen LogP contribution is -2.19. The van der Waals surface area contributed by atoms with Crippen molar-refractivity contribution in [3.05, 3.63) is 40.6 Å². The number of nitrogens with zero attached hydrogens (tertiary/aromatic N) is 2. The molecule has 3 nitrogen and oxygen atoms in total. The molecule has 1 N–H and O–H groups in total. The van der Waals surface area contributed by atoms with Crippen LogP contribution in [-0.2, 0) is 13.0 Å². The van der Waals surface area contributed by atoms with Gasteiger partial charge in [0.05, 0.1) is 12.0 Å². The number of nitrogens with one attached hydrogen (secondary N) is 1. The Morgan fingerprint density at radius 3 is 3.17 bits per heavy atom. The average molecular weight is 261 g/mol. The van der Waals surface area contributed by atoms with Crippen molar-refractivity contribution >= 4 is 11.3 Å². The molecule has 2 aromatic rings. The fraction of sp³-hybridized carbons (Fsp3) is 0.500. The number of rotatable bonds is 6. The summed E-state index contributed by atoms with van der Waals surface area (Å²) in [5, 5.41) is 5.70. The first kappa shape index (κ1) is 11.9. The first-order chi connectivity index (χ1) is 8.83.